The summed E-state index contributed by atoms with van der Waals surface area (Å²) in [6, 6.07) is 4.45. The Kier molecular flexibility index (Phi) is 4.97. The Morgan fingerprint density at radius 3 is 2.61 bits per heavy atom. The molecule has 1 amide bonds. The molecule has 128 valence electrons. The minimum atomic E-state index is -0.807. The average Bonchev–Trinajstić information content (AvgIpc) is 2.71. The molecule has 0 saturated carbocycles. The number of ether oxygens (including phenoxy) is 2. The van der Waals surface area contributed by atoms with Gasteiger partial charge >= 0.3 is 6.09 Å². The van der Waals surface area contributed by atoms with Crippen molar-refractivity contribution in [2.45, 2.75) is 56.9 Å². The summed E-state index contributed by atoms with van der Waals surface area (Å²) in [6.45, 7) is 9.38. The maximum Gasteiger partial charge on any atom is 0.413 e. The van der Waals surface area contributed by atoms with Crippen molar-refractivity contribution in [3.8, 4) is 0 Å². The molecule has 2 rings (SSSR count). The third-order valence-corrected chi connectivity index (χ3v) is 4.30. The summed E-state index contributed by atoms with van der Waals surface area (Å²) in [4.78, 5) is 15.0. The zero-order chi connectivity index (χ0) is 17.4. The van der Waals surface area contributed by atoms with E-state index in [9.17, 15) is 9.18 Å². The quantitative estimate of drug-likeness (QED) is 0.737. The molecule has 1 saturated heterocycles. The Bertz CT molecular complexity index is 598. The van der Waals surface area contributed by atoms with Crippen LogP contribution < -0.4 is 0 Å². The van der Waals surface area contributed by atoms with Crippen molar-refractivity contribution in [3.63, 3.8) is 0 Å². The number of hydrogen-bond acceptors (Lipinski definition) is 4. The molecule has 6 heteroatoms. The fourth-order valence-corrected chi connectivity index (χ4v) is 3.08. The number of halogens is 1. The first-order chi connectivity index (χ1) is 10.5. The van der Waals surface area contributed by atoms with Crippen LogP contribution in [0.3, 0.4) is 0 Å². The molecule has 0 spiro atoms. The summed E-state index contributed by atoms with van der Waals surface area (Å²) in [6.07, 6.45) is 1.43. The van der Waals surface area contributed by atoms with Crippen LogP contribution >= 0.6 is 11.8 Å². The Labute approximate surface area is 141 Å². The highest BCUT2D eigenvalue weighted by Crippen LogP contribution is 2.39. The summed E-state index contributed by atoms with van der Waals surface area (Å²) >= 11 is 1.46. The van der Waals surface area contributed by atoms with Crippen LogP contribution in [0.15, 0.2) is 23.1 Å². The standard InChI is InChI=1S/C17H24FNO3S/c1-16(2,3)22-15(20)19-14(10-21-17(19,4)5)11-7-12(18)9-13(8-11)23-6/h7-9,14H,10H2,1-6H3/t14-/m0/s1. The van der Waals surface area contributed by atoms with E-state index >= 15 is 0 Å². The number of benzene rings is 1. The highest BCUT2D eigenvalue weighted by atomic mass is 32.2. The number of carbonyl (C=O) groups excluding carboxylic acids is 1. The van der Waals surface area contributed by atoms with E-state index < -0.39 is 17.4 Å². The third-order valence-electron chi connectivity index (χ3n) is 3.59. The minimum absolute atomic E-state index is 0.309. The second-order valence-electron chi connectivity index (χ2n) is 7.05. The van der Waals surface area contributed by atoms with Crippen LogP contribution in [-0.4, -0.2) is 35.2 Å². The van der Waals surface area contributed by atoms with Gasteiger partial charge in [-0.15, -0.1) is 11.8 Å². The van der Waals surface area contributed by atoms with Crippen molar-refractivity contribution in [2.75, 3.05) is 12.9 Å². The lowest BCUT2D eigenvalue weighted by Crippen LogP contribution is -2.47. The molecule has 1 heterocycles. The van der Waals surface area contributed by atoms with Gasteiger partial charge in [-0.1, -0.05) is 0 Å². The van der Waals surface area contributed by atoms with Gasteiger partial charge in [-0.25, -0.2) is 9.18 Å². The zero-order valence-electron chi connectivity index (χ0n) is 14.5. The summed E-state index contributed by atoms with van der Waals surface area (Å²) in [5, 5.41) is 0. The Balaban J connectivity index is 2.37. The Morgan fingerprint density at radius 2 is 2.04 bits per heavy atom. The normalized spacial score (nSPS) is 20.7. The molecule has 1 aromatic carbocycles. The van der Waals surface area contributed by atoms with Crippen LogP contribution in [0.1, 0.15) is 46.2 Å². The first kappa shape index (κ1) is 18.1. The van der Waals surface area contributed by atoms with Crippen LogP contribution in [-0.2, 0) is 9.47 Å². The maximum atomic E-state index is 13.9. The third kappa shape index (κ3) is 4.18. The molecule has 0 aromatic heterocycles. The average molecular weight is 341 g/mol. The van der Waals surface area contributed by atoms with Gasteiger partial charge in [0.1, 0.15) is 17.1 Å². The van der Waals surface area contributed by atoms with E-state index in [4.69, 9.17) is 9.47 Å². The number of rotatable bonds is 2. The molecule has 1 aliphatic heterocycles. The Hall–Kier alpha value is -1.27. The fraction of sp³-hybridized carbons (Fsp3) is 0.588. The van der Waals surface area contributed by atoms with E-state index in [0.717, 1.165) is 4.90 Å². The molecule has 4 nitrogen and oxygen atoms in total. The van der Waals surface area contributed by atoms with E-state index in [1.165, 1.54) is 23.9 Å². The van der Waals surface area contributed by atoms with Gasteiger partial charge in [0.2, 0.25) is 0 Å². The lowest BCUT2D eigenvalue weighted by molar-refractivity contribution is -0.0626. The molecule has 1 aromatic rings. The molecule has 1 atom stereocenters. The lowest BCUT2D eigenvalue weighted by Gasteiger charge is -2.35. The molecule has 0 N–H and O–H groups in total. The monoisotopic (exact) mass is 341 g/mol. The molecular formula is C17H24FNO3S. The van der Waals surface area contributed by atoms with Crippen LogP contribution in [0, 0.1) is 5.82 Å². The van der Waals surface area contributed by atoms with Crippen LogP contribution in [0.25, 0.3) is 0 Å². The van der Waals surface area contributed by atoms with Crippen molar-refractivity contribution >= 4 is 17.9 Å². The number of carbonyl (C=O) groups is 1. The number of amides is 1. The van der Waals surface area contributed by atoms with E-state index in [2.05, 4.69) is 0 Å². The van der Waals surface area contributed by atoms with Gasteiger partial charge in [0, 0.05) is 4.90 Å². The van der Waals surface area contributed by atoms with Gasteiger partial charge in [0.25, 0.3) is 0 Å². The second kappa shape index (κ2) is 6.32. The van der Waals surface area contributed by atoms with Crippen molar-refractivity contribution < 1.29 is 18.7 Å². The molecule has 1 aliphatic rings. The highest BCUT2D eigenvalue weighted by Gasteiger charge is 2.46. The highest BCUT2D eigenvalue weighted by molar-refractivity contribution is 7.98. The van der Waals surface area contributed by atoms with E-state index in [1.807, 2.05) is 46.9 Å². The SMILES string of the molecule is CSc1cc(F)cc([C@@H]2COC(C)(C)N2C(=O)OC(C)(C)C)c1. The van der Waals surface area contributed by atoms with Gasteiger partial charge in [0.05, 0.1) is 12.6 Å². The predicted octanol–water partition coefficient (Wildman–Crippen LogP) is 4.59. The minimum Gasteiger partial charge on any atom is -0.444 e. The largest absolute Gasteiger partial charge is 0.444 e. The van der Waals surface area contributed by atoms with Crippen molar-refractivity contribution in [1.82, 2.24) is 4.90 Å². The smallest absolute Gasteiger partial charge is 0.413 e. The first-order valence-electron chi connectivity index (χ1n) is 7.54. The van der Waals surface area contributed by atoms with Crippen LogP contribution in [0.5, 0.6) is 0 Å². The van der Waals surface area contributed by atoms with Gasteiger partial charge < -0.3 is 9.47 Å². The van der Waals surface area contributed by atoms with Gasteiger partial charge in [-0.3, -0.25) is 4.90 Å². The topological polar surface area (TPSA) is 38.8 Å². The molecular weight excluding hydrogens is 317 g/mol. The Morgan fingerprint density at radius 1 is 1.39 bits per heavy atom. The van der Waals surface area contributed by atoms with Crippen LogP contribution in [0.4, 0.5) is 9.18 Å². The summed E-state index contributed by atoms with van der Waals surface area (Å²) in [5.41, 5.74) is -0.698. The molecule has 0 radical (unpaired) electrons. The second-order valence-corrected chi connectivity index (χ2v) is 7.93. The zero-order valence-corrected chi connectivity index (χ0v) is 15.3. The molecule has 1 fully saturated rings. The van der Waals surface area contributed by atoms with E-state index in [-0.39, 0.29) is 11.9 Å². The van der Waals surface area contributed by atoms with Crippen molar-refractivity contribution in [2.24, 2.45) is 0 Å². The first-order valence-corrected chi connectivity index (χ1v) is 8.77. The summed E-state index contributed by atoms with van der Waals surface area (Å²) in [5.74, 6) is -0.319. The van der Waals surface area contributed by atoms with E-state index in [1.54, 1.807) is 4.90 Å². The number of hydrogen-bond donors (Lipinski definition) is 0. The summed E-state index contributed by atoms with van der Waals surface area (Å²) in [7, 11) is 0. The van der Waals surface area contributed by atoms with Crippen molar-refractivity contribution in [3.05, 3.63) is 29.6 Å². The molecule has 0 unspecified atom stereocenters. The molecule has 0 aliphatic carbocycles. The predicted molar refractivity (Wildman–Crippen MR) is 89.0 cm³/mol. The maximum absolute atomic E-state index is 13.9. The van der Waals surface area contributed by atoms with Crippen LogP contribution in [0.2, 0.25) is 0 Å². The van der Waals surface area contributed by atoms with Crippen molar-refractivity contribution in [1.29, 1.82) is 0 Å². The van der Waals surface area contributed by atoms with Gasteiger partial charge in [-0.2, -0.15) is 0 Å². The van der Waals surface area contributed by atoms with Gasteiger partial charge in [-0.05, 0) is 64.6 Å². The summed E-state index contributed by atoms with van der Waals surface area (Å²) < 4.78 is 25.1. The van der Waals surface area contributed by atoms with E-state index in [0.29, 0.717) is 12.2 Å². The number of nitrogens with zero attached hydrogens (tertiary/aromatic N) is 1. The molecule has 0 bridgehead atoms. The fourth-order valence-electron chi connectivity index (χ4n) is 2.60. The lowest BCUT2D eigenvalue weighted by atomic mass is 10.1. The molecule has 23 heavy (non-hydrogen) atoms. The number of thioether (sulfide) groups is 1. The van der Waals surface area contributed by atoms with Gasteiger partial charge in [0.15, 0.2) is 0 Å².